The van der Waals surface area contributed by atoms with Gasteiger partial charge in [0, 0.05) is 47.6 Å². The summed E-state index contributed by atoms with van der Waals surface area (Å²) < 4.78 is 13.2. The number of aliphatic hydroxyl groups is 1. The monoisotopic (exact) mass is 670 g/mol. The number of aliphatic hydroxyl groups excluding tert-OH is 1. The summed E-state index contributed by atoms with van der Waals surface area (Å²) in [6.07, 6.45) is 13.6. The molecule has 11 heteroatoms. The lowest BCUT2D eigenvalue weighted by molar-refractivity contribution is -0.124. The highest BCUT2D eigenvalue weighted by Gasteiger charge is 2.51. The van der Waals surface area contributed by atoms with E-state index in [1.165, 1.54) is 10.6 Å². The number of aromatic nitrogens is 4. The molecule has 0 unspecified atom stereocenters. The summed E-state index contributed by atoms with van der Waals surface area (Å²) in [5, 5.41) is 14.1. The maximum absolute atomic E-state index is 14.6. The third kappa shape index (κ3) is 6.66. The molecule has 1 N–H and O–H groups in total. The van der Waals surface area contributed by atoms with Crippen molar-refractivity contribution in [3.63, 3.8) is 0 Å². The van der Waals surface area contributed by atoms with Crippen LogP contribution < -0.4 is 9.64 Å². The van der Waals surface area contributed by atoms with Crippen molar-refractivity contribution >= 4 is 17.8 Å². The minimum absolute atomic E-state index is 0.0215. The van der Waals surface area contributed by atoms with Crippen LogP contribution in [0.5, 0.6) is 5.75 Å². The fourth-order valence-electron chi connectivity index (χ4n) is 8.54. The zero-order chi connectivity index (χ0) is 34.3. The molecule has 0 spiro atoms. The van der Waals surface area contributed by atoms with Crippen LogP contribution in [0.15, 0.2) is 42.9 Å². The van der Waals surface area contributed by atoms with Crippen LogP contribution in [0.3, 0.4) is 0 Å². The molecular weight excluding hydrogens is 620 g/mol. The van der Waals surface area contributed by atoms with Crippen molar-refractivity contribution in [2.75, 3.05) is 31.6 Å². The van der Waals surface area contributed by atoms with Gasteiger partial charge in [0.15, 0.2) is 0 Å². The number of ether oxygens (including phenoxy) is 2. The second kappa shape index (κ2) is 13.4. The fraction of sp³-hybridized carbons (Fsp3) is 0.605. The Bertz CT molecular complexity index is 1650. The molecular formula is C38H50N6O5. The number of fused-ring (bicyclic) bond motifs is 3. The van der Waals surface area contributed by atoms with E-state index in [0.717, 1.165) is 61.1 Å². The lowest BCUT2D eigenvalue weighted by atomic mass is 9.52. The van der Waals surface area contributed by atoms with Crippen LogP contribution in [0.2, 0.25) is 0 Å². The zero-order valence-electron chi connectivity index (χ0n) is 29.3. The van der Waals surface area contributed by atoms with Crippen molar-refractivity contribution in [1.82, 2.24) is 24.6 Å². The first-order chi connectivity index (χ1) is 23.6. The van der Waals surface area contributed by atoms with Gasteiger partial charge in [-0.25, -0.2) is 9.78 Å². The molecule has 0 aromatic carbocycles. The highest BCUT2D eigenvalue weighted by Crippen LogP contribution is 2.58. The number of anilines is 1. The van der Waals surface area contributed by atoms with Crippen LogP contribution in [0.25, 0.3) is 11.1 Å². The summed E-state index contributed by atoms with van der Waals surface area (Å²) in [5.74, 6) is 1.46. The van der Waals surface area contributed by atoms with Gasteiger partial charge in [0.05, 0.1) is 38.2 Å². The van der Waals surface area contributed by atoms with E-state index in [-0.39, 0.29) is 40.9 Å². The Balaban J connectivity index is 1.10. The topological polar surface area (TPSA) is 123 Å². The van der Waals surface area contributed by atoms with Gasteiger partial charge in [-0.15, -0.1) is 0 Å². The Morgan fingerprint density at radius 3 is 2.35 bits per heavy atom. The number of aryl methyl sites for hydroxylation is 1. The highest BCUT2D eigenvalue weighted by molar-refractivity contribution is 5.95. The molecule has 4 aliphatic carbocycles. The predicted octanol–water partition coefficient (Wildman–Crippen LogP) is 6.24. The van der Waals surface area contributed by atoms with Gasteiger partial charge in [-0.05, 0) is 120 Å². The highest BCUT2D eigenvalue weighted by atomic mass is 16.6. The van der Waals surface area contributed by atoms with Crippen molar-refractivity contribution < 1.29 is 24.2 Å². The summed E-state index contributed by atoms with van der Waals surface area (Å²) in [6, 6.07) is 8.49. The van der Waals surface area contributed by atoms with Crippen LogP contribution in [0.1, 0.15) is 95.5 Å². The average Bonchev–Trinajstić information content (AvgIpc) is 3.61. The molecule has 4 saturated carbocycles. The number of β-amino-alcohol motifs (C(OH)–C–C–N with tert-alkyl or cyclic N) is 1. The average molecular weight is 671 g/mol. The van der Waals surface area contributed by atoms with Crippen LogP contribution >= 0.6 is 0 Å². The minimum atomic E-state index is -0.460. The van der Waals surface area contributed by atoms with E-state index in [2.05, 4.69) is 37.3 Å². The van der Waals surface area contributed by atoms with E-state index in [0.29, 0.717) is 51.1 Å². The van der Waals surface area contributed by atoms with Gasteiger partial charge in [0.2, 0.25) is 5.91 Å². The van der Waals surface area contributed by atoms with E-state index in [1.54, 1.807) is 7.11 Å². The number of carbonyl (C=O) groups is 2. The Morgan fingerprint density at radius 2 is 1.73 bits per heavy atom. The maximum Gasteiger partial charge on any atom is 0.410 e. The van der Waals surface area contributed by atoms with Crippen molar-refractivity contribution in [1.29, 1.82) is 0 Å². The molecule has 3 aromatic rings. The molecule has 5 fully saturated rings. The van der Waals surface area contributed by atoms with E-state index >= 15 is 0 Å². The van der Waals surface area contributed by atoms with Gasteiger partial charge < -0.3 is 19.5 Å². The normalized spacial score (nSPS) is 26.8. The van der Waals surface area contributed by atoms with Crippen molar-refractivity contribution in [3.05, 3.63) is 54.2 Å². The van der Waals surface area contributed by atoms with Crippen LogP contribution in [0.4, 0.5) is 10.6 Å². The molecule has 0 atom stereocenters. The van der Waals surface area contributed by atoms with Gasteiger partial charge in [-0.2, -0.15) is 5.10 Å². The summed E-state index contributed by atoms with van der Waals surface area (Å²) in [6.45, 7) is 7.52. The van der Waals surface area contributed by atoms with E-state index in [1.807, 2.05) is 41.0 Å². The molecule has 5 aliphatic rings. The third-order valence-electron chi connectivity index (χ3n) is 11.9. The molecule has 11 nitrogen and oxygen atoms in total. The molecule has 262 valence electrons. The standard InChI is InChI=1S/C38H50N6O5/c1-25(2)44-21-29(20-40-44)28-11-18-39-34(19-28)43(35(46)27-5-7-31(8-6-27)49-36(47)42-22-30(45)23-42)24-37-12-15-38(16-13-37,17-14-37)33-10-9-32(48-4)26(3)41-33/h9-11,18-21,25,27,30-31,45H,5-8,12-17,22-24H2,1-4H3. The summed E-state index contributed by atoms with van der Waals surface area (Å²) >= 11 is 0. The first kappa shape index (κ1) is 33.5. The van der Waals surface area contributed by atoms with E-state index in [9.17, 15) is 14.7 Å². The first-order valence-electron chi connectivity index (χ1n) is 18.0. The summed E-state index contributed by atoms with van der Waals surface area (Å²) in [7, 11) is 1.69. The van der Waals surface area contributed by atoms with Gasteiger partial charge >= 0.3 is 6.09 Å². The SMILES string of the molecule is COc1ccc(C23CCC(CN(C(=O)C4CCC(OC(=O)N5CC(O)C5)CC4)c4cc(-c5cnn(C(C)C)c5)ccn4)(CC2)CC3)nc1C. The van der Waals surface area contributed by atoms with Crippen LogP contribution in [-0.4, -0.2) is 80.7 Å². The lowest BCUT2D eigenvalue weighted by Crippen LogP contribution is -2.54. The molecule has 3 aromatic heterocycles. The largest absolute Gasteiger partial charge is 0.495 e. The lowest BCUT2D eigenvalue weighted by Gasteiger charge is -2.54. The minimum Gasteiger partial charge on any atom is -0.495 e. The van der Waals surface area contributed by atoms with Crippen molar-refractivity contribution in [3.8, 4) is 16.9 Å². The summed E-state index contributed by atoms with van der Waals surface area (Å²) in [5.41, 5.74) is 4.20. The fourth-order valence-corrected chi connectivity index (χ4v) is 8.54. The van der Waals surface area contributed by atoms with Crippen LogP contribution in [-0.2, 0) is 14.9 Å². The van der Waals surface area contributed by atoms with E-state index in [4.69, 9.17) is 19.4 Å². The predicted molar refractivity (Wildman–Crippen MR) is 185 cm³/mol. The Morgan fingerprint density at radius 1 is 1.02 bits per heavy atom. The number of methoxy groups -OCH3 is 1. The maximum atomic E-state index is 14.6. The van der Waals surface area contributed by atoms with Crippen molar-refractivity contribution in [2.45, 2.75) is 109 Å². The molecule has 2 bridgehead atoms. The number of carbonyl (C=O) groups excluding carboxylic acids is 2. The van der Waals surface area contributed by atoms with Crippen molar-refractivity contribution in [2.24, 2.45) is 11.3 Å². The Hall–Kier alpha value is -3.99. The molecule has 49 heavy (non-hydrogen) atoms. The second-order valence-corrected chi connectivity index (χ2v) is 15.3. The number of nitrogens with zero attached hydrogens (tertiary/aromatic N) is 6. The molecule has 1 saturated heterocycles. The quantitative estimate of drug-likeness (QED) is 0.284. The molecule has 2 amide bonds. The summed E-state index contributed by atoms with van der Waals surface area (Å²) in [4.78, 5) is 40.4. The Kier molecular flexibility index (Phi) is 9.15. The van der Waals surface area contributed by atoms with E-state index < -0.39 is 6.10 Å². The number of rotatable bonds is 9. The smallest absolute Gasteiger partial charge is 0.410 e. The van der Waals surface area contributed by atoms with Gasteiger partial charge in [-0.1, -0.05) is 0 Å². The van der Waals surface area contributed by atoms with Gasteiger partial charge in [0.1, 0.15) is 17.7 Å². The zero-order valence-corrected chi connectivity index (χ0v) is 29.3. The van der Waals surface area contributed by atoms with Crippen LogP contribution in [0, 0.1) is 18.3 Å². The number of amides is 2. The van der Waals surface area contributed by atoms with Gasteiger partial charge in [0.25, 0.3) is 0 Å². The number of likely N-dealkylation sites (tertiary alicyclic amines) is 1. The molecule has 1 aliphatic heterocycles. The Labute approximate surface area is 289 Å². The number of hydrogen-bond acceptors (Lipinski definition) is 8. The third-order valence-corrected chi connectivity index (χ3v) is 11.9. The number of hydrogen-bond donors (Lipinski definition) is 1. The van der Waals surface area contributed by atoms with Gasteiger partial charge in [-0.3, -0.25) is 19.4 Å². The first-order valence-corrected chi connectivity index (χ1v) is 18.0. The molecule has 8 rings (SSSR count). The molecule has 0 radical (unpaired) electrons. The second-order valence-electron chi connectivity index (χ2n) is 15.3. The number of pyridine rings is 2. The molecule has 4 heterocycles.